The van der Waals surface area contributed by atoms with Gasteiger partial charge in [0.1, 0.15) is 5.60 Å². The van der Waals surface area contributed by atoms with Crippen molar-refractivity contribution in [3.8, 4) is 0 Å². The Kier molecular flexibility index (Phi) is 11.0. The molecule has 2 unspecified atom stereocenters. The molecule has 1 aliphatic heterocycles. The van der Waals surface area contributed by atoms with Gasteiger partial charge in [-0.1, -0.05) is 71.1 Å². The maximum atomic E-state index is 12.3. The topological polar surface area (TPSA) is 99.9 Å². The molecular weight excluding hydrogens is 468 g/mol. The Morgan fingerprint density at radius 1 is 1.08 bits per heavy atom. The van der Waals surface area contributed by atoms with E-state index in [9.17, 15) is 9.59 Å². The van der Waals surface area contributed by atoms with Crippen molar-refractivity contribution >= 4 is 18.1 Å². The number of hydrogen-bond acceptors (Lipinski definition) is 5. The molecule has 206 valence electrons. The number of hydroxylamine groups is 1. The van der Waals surface area contributed by atoms with Crippen molar-refractivity contribution < 1.29 is 23.9 Å². The summed E-state index contributed by atoms with van der Waals surface area (Å²) in [4.78, 5) is 30.0. The van der Waals surface area contributed by atoms with E-state index < -0.39 is 11.7 Å². The standard InChI is InChI=1S/C30H46N2O5/c1-4-7-17-29(18-8-5-2)22-24-21-23(14-16-26(33)32-37-27-12-10-11-20-35-27)13-15-25(24)30(29,19-9-6-3)36-28(31)34/h13-16,21,27H,4-12,17-20,22H2,1-3H3,(H2,31,34)(H,32,33). The summed E-state index contributed by atoms with van der Waals surface area (Å²) >= 11 is 0. The summed E-state index contributed by atoms with van der Waals surface area (Å²) in [6.45, 7) is 7.23. The minimum absolute atomic E-state index is 0.181. The van der Waals surface area contributed by atoms with Gasteiger partial charge in [0.05, 0.1) is 0 Å². The predicted octanol–water partition coefficient (Wildman–Crippen LogP) is 6.68. The fourth-order valence-electron chi connectivity index (χ4n) is 6.13. The molecule has 1 saturated heterocycles. The van der Waals surface area contributed by atoms with Crippen LogP contribution >= 0.6 is 0 Å². The zero-order chi connectivity index (χ0) is 26.7. The van der Waals surface area contributed by atoms with Crippen LogP contribution in [-0.2, 0) is 31.1 Å². The minimum atomic E-state index is -0.720. The fourth-order valence-corrected chi connectivity index (χ4v) is 6.13. The van der Waals surface area contributed by atoms with Crippen molar-refractivity contribution in [2.45, 2.75) is 116 Å². The summed E-state index contributed by atoms with van der Waals surface area (Å²) in [7, 11) is 0. The molecule has 0 saturated carbocycles. The van der Waals surface area contributed by atoms with E-state index in [-0.39, 0.29) is 17.6 Å². The van der Waals surface area contributed by atoms with E-state index in [1.807, 2.05) is 6.07 Å². The van der Waals surface area contributed by atoms with Gasteiger partial charge in [-0.05, 0) is 67.7 Å². The highest BCUT2D eigenvalue weighted by atomic mass is 16.8. The van der Waals surface area contributed by atoms with Gasteiger partial charge in [0, 0.05) is 24.5 Å². The molecule has 3 rings (SSSR count). The Labute approximate surface area is 222 Å². The molecule has 37 heavy (non-hydrogen) atoms. The number of nitrogens with two attached hydrogens (primary N) is 1. The van der Waals surface area contributed by atoms with E-state index >= 15 is 0 Å². The summed E-state index contributed by atoms with van der Waals surface area (Å²) in [5.41, 5.74) is 10.5. The number of nitrogens with one attached hydrogen (secondary N) is 1. The number of carbonyl (C=O) groups excluding carboxylic acids is 2. The third kappa shape index (κ3) is 7.14. The molecule has 7 heteroatoms. The maximum absolute atomic E-state index is 12.3. The van der Waals surface area contributed by atoms with E-state index in [1.54, 1.807) is 6.08 Å². The number of rotatable bonds is 14. The second kappa shape index (κ2) is 14.0. The van der Waals surface area contributed by atoms with E-state index in [0.717, 1.165) is 94.6 Å². The largest absolute Gasteiger partial charge is 0.438 e. The van der Waals surface area contributed by atoms with Crippen LogP contribution in [0.15, 0.2) is 24.3 Å². The normalized spacial score (nSPS) is 22.6. The number of unbranched alkanes of at least 4 members (excludes halogenated alkanes) is 3. The third-order valence-electron chi connectivity index (χ3n) is 7.98. The van der Waals surface area contributed by atoms with Crippen molar-refractivity contribution in [2.24, 2.45) is 11.1 Å². The van der Waals surface area contributed by atoms with Gasteiger partial charge in [-0.25, -0.2) is 15.1 Å². The monoisotopic (exact) mass is 514 g/mol. The average Bonchev–Trinajstić information content (AvgIpc) is 3.15. The zero-order valence-electron chi connectivity index (χ0n) is 23.0. The molecule has 0 aromatic heterocycles. The van der Waals surface area contributed by atoms with Crippen LogP contribution in [0.3, 0.4) is 0 Å². The quantitative estimate of drug-likeness (QED) is 0.213. The molecule has 1 fully saturated rings. The highest BCUT2D eigenvalue weighted by Crippen LogP contribution is 2.60. The first-order chi connectivity index (χ1) is 17.9. The van der Waals surface area contributed by atoms with Gasteiger partial charge >= 0.3 is 6.09 Å². The average molecular weight is 515 g/mol. The van der Waals surface area contributed by atoms with Gasteiger partial charge in [-0.2, -0.15) is 0 Å². The Hall–Kier alpha value is -2.38. The number of ether oxygens (including phenoxy) is 2. The Morgan fingerprint density at radius 3 is 2.41 bits per heavy atom. The Morgan fingerprint density at radius 2 is 1.78 bits per heavy atom. The van der Waals surface area contributed by atoms with Crippen molar-refractivity contribution in [2.75, 3.05) is 6.61 Å². The van der Waals surface area contributed by atoms with Crippen molar-refractivity contribution in [3.63, 3.8) is 0 Å². The van der Waals surface area contributed by atoms with Gasteiger partial charge in [0.25, 0.3) is 5.91 Å². The van der Waals surface area contributed by atoms with Crippen LogP contribution in [-0.4, -0.2) is 24.9 Å². The molecule has 1 aromatic rings. The Balaban J connectivity index is 1.88. The molecule has 2 amide bonds. The molecule has 3 N–H and O–H groups in total. The molecule has 0 bridgehead atoms. The highest BCUT2D eigenvalue weighted by molar-refractivity contribution is 5.91. The number of carbonyl (C=O) groups is 2. The molecule has 7 nitrogen and oxygen atoms in total. The lowest BCUT2D eigenvalue weighted by Crippen LogP contribution is -2.47. The van der Waals surface area contributed by atoms with Crippen LogP contribution < -0.4 is 11.2 Å². The van der Waals surface area contributed by atoms with Gasteiger partial charge in [-0.3, -0.25) is 4.79 Å². The lowest BCUT2D eigenvalue weighted by molar-refractivity contribution is -0.198. The number of fused-ring (bicyclic) bond motifs is 1. The highest BCUT2D eigenvalue weighted by Gasteiger charge is 2.58. The summed E-state index contributed by atoms with van der Waals surface area (Å²) < 4.78 is 11.7. The summed E-state index contributed by atoms with van der Waals surface area (Å²) in [5, 5.41) is 0. The van der Waals surface area contributed by atoms with Crippen LogP contribution in [0.25, 0.3) is 6.08 Å². The zero-order valence-corrected chi connectivity index (χ0v) is 23.0. The molecule has 1 aromatic carbocycles. The minimum Gasteiger partial charge on any atom is -0.438 e. The van der Waals surface area contributed by atoms with Crippen LogP contribution in [0.1, 0.15) is 115 Å². The first-order valence-corrected chi connectivity index (χ1v) is 14.3. The molecule has 1 heterocycles. The van der Waals surface area contributed by atoms with E-state index in [1.165, 1.54) is 11.6 Å². The number of hydrogen-bond donors (Lipinski definition) is 2. The second-order valence-corrected chi connectivity index (χ2v) is 10.6. The van der Waals surface area contributed by atoms with Crippen LogP contribution in [0.2, 0.25) is 0 Å². The fraction of sp³-hybridized carbons (Fsp3) is 0.667. The van der Waals surface area contributed by atoms with Gasteiger partial charge in [0.15, 0.2) is 6.29 Å². The molecule has 0 radical (unpaired) electrons. The first kappa shape index (κ1) is 29.2. The van der Waals surface area contributed by atoms with E-state index in [2.05, 4.69) is 38.4 Å². The summed E-state index contributed by atoms with van der Waals surface area (Å²) in [5.74, 6) is -0.329. The third-order valence-corrected chi connectivity index (χ3v) is 7.98. The number of benzene rings is 1. The lowest BCUT2D eigenvalue weighted by atomic mass is 9.64. The van der Waals surface area contributed by atoms with Crippen LogP contribution in [0.4, 0.5) is 4.79 Å². The van der Waals surface area contributed by atoms with Crippen LogP contribution in [0, 0.1) is 5.41 Å². The van der Waals surface area contributed by atoms with Crippen LogP contribution in [0.5, 0.6) is 0 Å². The van der Waals surface area contributed by atoms with Gasteiger partial charge in [-0.15, -0.1) is 0 Å². The first-order valence-electron chi connectivity index (χ1n) is 14.3. The molecule has 2 atom stereocenters. The lowest BCUT2D eigenvalue weighted by Gasteiger charge is -2.46. The second-order valence-electron chi connectivity index (χ2n) is 10.6. The molecule has 1 aliphatic carbocycles. The predicted molar refractivity (Wildman–Crippen MR) is 145 cm³/mol. The molecular formula is C30H46N2O5. The van der Waals surface area contributed by atoms with E-state index in [0.29, 0.717) is 6.61 Å². The van der Waals surface area contributed by atoms with Crippen molar-refractivity contribution in [3.05, 3.63) is 41.0 Å². The maximum Gasteiger partial charge on any atom is 0.405 e. The van der Waals surface area contributed by atoms with Crippen molar-refractivity contribution in [1.82, 2.24) is 5.48 Å². The summed E-state index contributed by atoms with van der Waals surface area (Å²) in [6.07, 6.45) is 14.9. The molecule has 2 aliphatic rings. The smallest absolute Gasteiger partial charge is 0.405 e. The van der Waals surface area contributed by atoms with Gasteiger partial charge in [0.2, 0.25) is 0 Å². The summed E-state index contributed by atoms with van der Waals surface area (Å²) in [6, 6.07) is 6.21. The molecule has 0 spiro atoms. The number of amides is 2. The number of primary amides is 1. The van der Waals surface area contributed by atoms with Crippen molar-refractivity contribution in [1.29, 1.82) is 0 Å². The van der Waals surface area contributed by atoms with Gasteiger partial charge < -0.3 is 15.2 Å². The Bertz CT molecular complexity index is 917. The SMILES string of the molecule is CCCCC1(CCCC)Cc2cc(C=CC(=O)NOC3CCCCO3)ccc2C1(CCCC)OC(N)=O. The van der Waals surface area contributed by atoms with E-state index in [4.69, 9.17) is 20.0 Å².